The molecular formula is C11H12FNS2. The third-order valence-electron chi connectivity index (χ3n) is 2.29. The molecular weight excluding hydrogens is 229 g/mol. The van der Waals surface area contributed by atoms with Gasteiger partial charge in [0.15, 0.2) is 0 Å². The van der Waals surface area contributed by atoms with Crippen LogP contribution in [0.2, 0.25) is 0 Å². The SMILES string of the molecule is CSC1=NC(c2ccc(F)cc2)CSC1. The number of hydrogen-bond donors (Lipinski definition) is 0. The van der Waals surface area contributed by atoms with Crippen LogP contribution >= 0.6 is 23.5 Å². The summed E-state index contributed by atoms with van der Waals surface area (Å²) >= 11 is 3.59. The van der Waals surface area contributed by atoms with Crippen LogP contribution in [0, 0.1) is 5.82 Å². The zero-order valence-corrected chi connectivity index (χ0v) is 10.1. The number of rotatable bonds is 1. The Labute approximate surface area is 97.6 Å². The van der Waals surface area contributed by atoms with Gasteiger partial charge in [-0.25, -0.2) is 4.39 Å². The van der Waals surface area contributed by atoms with Gasteiger partial charge in [0.05, 0.1) is 11.1 Å². The molecule has 80 valence electrons. The molecule has 1 aromatic carbocycles. The summed E-state index contributed by atoms with van der Waals surface area (Å²) in [5.41, 5.74) is 1.11. The highest BCUT2D eigenvalue weighted by molar-refractivity contribution is 8.15. The Hall–Kier alpha value is -0.480. The molecule has 0 aliphatic carbocycles. The molecule has 0 radical (unpaired) electrons. The Morgan fingerprint density at radius 1 is 1.40 bits per heavy atom. The highest BCUT2D eigenvalue weighted by Crippen LogP contribution is 2.28. The van der Waals surface area contributed by atoms with Crippen molar-refractivity contribution in [1.82, 2.24) is 0 Å². The fraction of sp³-hybridized carbons (Fsp3) is 0.364. The van der Waals surface area contributed by atoms with Crippen molar-refractivity contribution < 1.29 is 4.39 Å². The molecule has 0 aromatic heterocycles. The van der Waals surface area contributed by atoms with Gasteiger partial charge in [-0.15, -0.1) is 11.8 Å². The van der Waals surface area contributed by atoms with Crippen molar-refractivity contribution in [3.63, 3.8) is 0 Å². The Morgan fingerprint density at radius 3 is 2.80 bits per heavy atom. The van der Waals surface area contributed by atoms with Gasteiger partial charge in [-0.05, 0) is 24.0 Å². The van der Waals surface area contributed by atoms with E-state index in [0.717, 1.165) is 17.1 Å². The van der Waals surface area contributed by atoms with Crippen molar-refractivity contribution >= 4 is 28.6 Å². The molecule has 0 bridgehead atoms. The van der Waals surface area contributed by atoms with E-state index < -0.39 is 0 Å². The fourth-order valence-electron chi connectivity index (χ4n) is 1.47. The lowest BCUT2D eigenvalue weighted by molar-refractivity contribution is 0.626. The Kier molecular flexibility index (Phi) is 3.70. The zero-order valence-electron chi connectivity index (χ0n) is 8.44. The lowest BCUT2D eigenvalue weighted by atomic mass is 10.1. The molecule has 1 heterocycles. The molecule has 0 saturated carbocycles. The van der Waals surface area contributed by atoms with E-state index in [1.807, 2.05) is 30.2 Å². The fourth-order valence-corrected chi connectivity index (χ4v) is 3.28. The van der Waals surface area contributed by atoms with E-state index in [-0.39, 0.29) is 11.9 Å². The van der Waals surface area contributed by atoms with E-state index >= 15 is 0 Å². The topological polar surface area (TPSA) is 12.4 Å². The molecule has 0 fully saturated rings. The molecule has 1 aliphatic rings. The Balaban J connectivity index is 2.20. The van der Waals surface area contributed by atoms with Crippen LogP contribution in [-0.4, -0.2) is 22.8 Å². The number of hydrogen-bond acceptors (Lipinski definition) is 3. The summed E-state index contributed by atoms with van der Waals surface area (Å²) < 4.78 is 12.8. The third-order valence-corrected chi connectivity index (χ3v) is 4.22. The van der Waals surface area contributed by atoms with Gasteiger partial charge in [-0.2, -0.15) is 11.8 Å². The smallest absolute Gasteiger partial charge is 0.123 e. The van der Waals surface area contributed by atoms with Gasteiger partial charge in [0.2, 0.25) is 0 Å². The number of halogens is 1. The second-order valence-electron chi connectivity index (χ2n) is 3.31. The zero-order chi connectivity index (χ0) is 10.7. The van der Waals surface area contributed by atoms with Gasteiger partial charge < -0.3 is 0 Å². The Bertz CT molecular complexity index is 361. The largest absolute Gasteiger partial charge is 0.273 e. The van der Waals surface area contributed by atoms with E-state index in [2.05, 4.69) is 4.99 Å². The van der Waals surface area contributed by atoms with E-state index in [1.54, 1.807) is 11.8 Å². The lowest BCUT2D eigenvalue weighted by Gasteiger charge is -2.19. The maximum Gasteiger partial charge on any atom is 0.123 e. The molecule has 1 aliphatic heterocycles. The molecule has 0 N–H and O–H groups in total. The monoisotopic (exact) mass is 241 g/mol. The van der Waals surface area contributed by atoms with Crippen LogP contribution < -0.4 is 0 Å². The molecule has 0 saturated heterocycles. The lowest BCUT2D eigenvalue weighted by Crippen LogP contribution is -2.11. The van der Waals surface area contributed by atoms with Crippen LogP contribution in [0.5, 0.6) is 0 Å². The second kappa shape index (κ2) is 5.03. The average molecular weight is 241 g/mol. The second-order valence-corrected chi connectivity index (χ2v) is 5.22. The predicted octanol–water partition coefficient (Wildman–Crippen LogP) is 3.38. The van der Waals surface area contributed by atoms with Gasteiger partial charge in [-0.1, -0.05) is 12.1 Å². The summed E-state index contributed by atoms with van der Waals surface area (Å²) in [5, 5.41) is 1.18. The first kappa shape index (κ1) is 11.0. The minimum atomic E-state index is -0.184. The molecule has 15 heavy (non-hydrogen) atoms. The summed E-state index contributed by atoms with van der Waals surface area (Å²) in [4.78, 5) is 4.64. The number of benzene rings is 1. The van der Waals surface area contributed by atoms with Crippen LogP contribution in [0.1, 0.15) is 11.6 Å². The highest BCUT2D eigenvalue weighted by atomic mass is 32.2. The predicted molar refractivity (Wildman–Crippen MR) is 67.4 cm³/mol. The minimum Gasteiger partial charge on any atom is -0.273 e. The molecule has 0 spiro atoms. The third kappa shape index (κ3) is 2.75. The first-order chi connectivity index (χ1) is 7.29. The minimum absolute atomic E-state index is 0.184. The van der Waals surface area contributed by atoms with Gasteiger partial charge in [-0.3, -0.25) is 4.99 Å². The Morgan fingerprint density at radius 2 is 2.13 bits per heavy atom. The van der Waals surface area contributed by atoms with Crippen LogP contribution in [0.25, 0.3) is 0 Å². The number of nitrogens with zero attached hydrogens (tertiary/aromatic N) is 1. The van der Waals surface area contributed by atoms with Crippen LogP contribution in [0.15, 0.2) is 29.3 Å². The van der Waals surface area contributed by atoms with Crippen molar-refractivity contribution in [2.45, 2.75) is 6.04 Å². The van der Waals surface area contributed by atoms with Crippen molar-refractivity contribution in [3.05, 3.63) is 35.6 Å². The maximum absolute atomic E-state index is 12.8. The van der Waals surface area contributed by atoms with Crippen LogP contribution in [-0.2, 0) is 0 Å². The van der Waals surface area contributed by atoms with Crippen molar-refractivity contribution in [1.29, 1.82) is 0 Å². The number of thioether (sulfide) groups is 2. The highest BCUT2D eigenvalue weighted by Gasteiger charge is 2.16. The first-order valence-electron chi connectivity index (χ1n) is 4.73. The van der Waals surface area contributed by atoms with E-state index in [0.29, 0.717) is 0 Å². The summed E-state index contributed by atoms with van der Waals surface area (Å²) in [6.07, 6.45) is 2.05. The molecule has 1 atom stereocenters. The van der Waals surface area contributed by atoms with Gasteiger partial charge in [0, 0.05) is 11.5 Å². The summed E-state index contributed by atoms with van der Waals surface area (Å²) in [6, 6.07) is 6.86. The molecule has 4 heteroatoms. The van der Waals surface area contributed by atoms with E-state index in [1.165, 1.54) is 17.2 Å². The molecule has 1 unspecified atom stereocenters. The van der Waals surface area contributed by atoms with Gasteiger partial charge in [0.1, 0.15) is 5.82 Å². The first-order valence-corrected chi connectivity index (χ1v) is 7.11. The molecule has 2 rings (SSSR count). The van der Waals surface area contributed by atoms with E-state index in [4.69, 9.17) is 0 Å². The van der Waals surface area contributed by atoms with E-state index in [9.17, 15) is 4.39 Å². The van der Waals surface area contributed by atoms with Gasteiger partial charge >= 0.3 is 0 Å². The average Bonchev–Trinajstić information content (AvgIpc) is 2.30. The summed E-state index contributed by atoms with van der Waals surface area (Å²) in [5.74, 6) is 1.82. The molecule has 1 nitrogen and oxygen atoms in total. The van der Waals surface area contributed by atoms with Gasteiger partial charge in [0.25, 0.3) is 0 Å². The van der Waals surface area contributed by atoms with Crippen LogP contribution in [0.4, 0.5) is 4.39 Å². The van der Waals surface area contributed by atoms with Crippen molar-refractivity contribution in [2.24, 2.45) is 4.99 Å². The maximum atomic E-state index is 12.8. The quantitative estimate of drug-likeness (QED) is 0.747. The van der Waals surface area contributed by atoms with Crippen molar-refractivity contribution in [3.8, 4) is 0 Å². The van der Waals surface area contributed by atoms with Crippen LogP contribution in [0.3, 0.4) is 0 Å². The normalized spacial score (nSPS) is 21.2. The molecule has 1 aromatic rings. The summed E-state index contributed by atoms with van der Waals surface area (Å²) in [7, 11) is 0. The van der Waals surface area contributed by atoms with Crippen molar-refractivity contribution in [2.75, 3.05) is 17.8 Å². The molecule has 0 amide bonds. The summed E-state index contributed by atoms with van der Waals surface area (Å²) in [6.45, 7) is 0. The standard InChI is InChI=1S/C11H12FNS2/c1-14-11-7-15-6-10(13-11)8-2-4-9(12)5-3-8/h2-5,10H,6-7H2,1H3. The number of aliphatic imine (C=N–C) groups is 1.